The van der Waals surface area contributed by atoms with E-state index in [-0.39, 0.29) is 6.42 Å². The average molecular weight is 184 g/mol. The van der Waals surface area contributed by atoms with Crippen molar-refractivity contribution in [1.29, 1.82) is 0 Å². The highest BCUT2D eigenvalue weighted by atomic mass is 16.4. The van der Waals surface area contributed by atoms with E-state index in [1.165, 1.54) is 4.68 Å². The predicted molar refractivity (Wildman–Crippen MR) is 45.2 cm³/mol. The van der Waals surface area contributed by atoms with E-state index < -0.39 is 12.1 Å². The summed E-state index contributed by atoms with van der Waals surface area (Å²) in [5.41, 5.74) is 1.29. The quantitative estimate of drug-likeness (QED) is 0.705. The fourth-order valence-electron chi connectivity index (χ4n) is 1.21. The highest BCUT2D eigenvalue weighted by Crippen LogP contribution is 2.16. The summed E-state index contributed by atoms with van der Waals surface area (Å²) < 4.78 is 1.49. The van der Waals surface area contributed by atoms with E-state index in [0.717, 1.165) is 5.69 Å². The first-order chi connectivity index (χ1) is 6.00. The van der Waals surface area contributed by atoms with Crippen LogP contribution in [0.1, 0.15) is 23.9 Å². The molecule has 1 rings (SSSR count). The molecule has 0 aliphatic rings. The standard InChI is InChI=1S/C8H12N2O3/c1-5-3-6(10(2)9-5)7(11)4-8(12)13/h3,7,11H,4H2,1-2H3,(H,12,13). The SMILES string of the molecule is Cc1cc(C(O)CC(=O)O)n(C)n1. The van der Waals surface area contributed by atoms with Gasteiger partial charge >= 0.3 is 5.97 Å². The maximum atomic E-state index is 10.3. The van der Waals surface area contributed by atoms with Crippen LogP contribution in [0.3, 0.4) is 0 Å². The van der Waals surface area contributed by atoms with E-state index in [1.807, 2.05) is 0 Å². The molecular formula is C8H12N2O3. The van der Waals surface area contributed by atoms with Crippen molar-refractivity contribution in [3.8, 4) is 0 Å². The Labute approximate surface area is 75.6 Å². The molecule has 0 saturated carbocycles. The summed E-state index contributed by atoms with van der Waals surface area (Å²) in [7, 11) is 1.67. The number of hydrogen-bond acceptors (Lipinski definition) is 3. The van der Waals surface area contributed by atoms with E-state index >= 15 is 0 Å². The molecule has 0 radical (unpaired) electrons. The summed E-state index contributed by atoms with van der Waals surface area (Å²) in [6, 6.07) is 1.67. The van der Waals surface area contributed by atoms with Crippen LogP contribution in [0.2, 0.25) is 0 Å². The summed E-state index contributed by atoms with van der Waals surface area (Å²) in [5, 5.41) is 21.9. The molecule has 0 aromatic carbocycles. The highest BCUT2D eigenvalue weighted by Gasteiger charge is 2.15. The van der Waals surface area contributed by atoms with Crippen molar-refractivity contribution in [2.45, 2.75) is 19.4 Å². The van der Waals surface area contributed by atoms with Gasteiger partial charge in [0, 0.05) is 7.05 Å². The van der Waals surface area contributed by atoms with Crippen LogP contribution in [0.5, 0.6) is 0 Å². The van der Waals surface area contributed by atoms with E-state index in [4.69, 9.17) is 5.11 Å². The third-order valence-corrected chi connectivity index (χ3v) is 1.75. The zero-order valence-corrected chi connectivity index (χ0v) is 7.56. The maximum absolute atomic E-state index is 10.3. The summed E-state index contributed by atoms with van der Waals surface area (Å²) in [4.78, 5) is 10.3. The third kappa shape index (κ3) is 2.29. The van der Waals surface area contributed by atoms with Crippen LogP contribution in [-0.2, 0) is 11.8 Å². The molecule has 13 heavy (non-hydrogen) atoms. The smallest absolute Gasteiger partial charge is 0.306 e. The molecule has 1 aromatic heterocycles. The van der Waals surface area contributed by atoms with Crippen LogP contribution in [0.25, 0.3) is 0 Å². The van der Waals surface area contributed by atoms with Gasteiger partial charge in [0.05, 0.1) is 17.8 Å². The molecule has 1 aromatic rings. The van der Waals surface area contributed by atoms with Crippen molar-refractivity contribution >= 4 is 5.97 Å². The van der Waals surface area contributed by atoms with Crippen molar-refractivity contribution in [3.63, 3.8) is 0 Å². The highest BCUT2D eigenvalue weighted by molar-refractivity contribution is 5.67. The summed E-state index contributed by atoms with van der Waals surface area (Å²) >= 11 is 0. The topological polar surface area (TPSA) is 75.3 Å². The Morgan fingerprint density at radius 1 is 1.77 bits per heavy atom. The molecule has 1 heterocycles. The molecule has 5 nitrogen and oxygen atoms in total. The summed E-state index contributed by atoms with van der Waals surface area (Å²) in [5.74, 6) is -1.02. The minimum Gasteiger partial charge on any atom is -0.481 e. The molecule has 0 aliphatic carbocycles. The van der Waals surface area contributed by atoms with Crippen LogP contribution in [0.15, 0.2) is 6.07 Å². The molecule has 2 N–H and O–H groups in total. The van der Waals surface area contributed by atoms with Gasteiger partial charge in [-0.2, -0.15) is 5.10 Å². The lowest BCUT2D eigenvalue weighted by atomic mass is 10.2. The first kappa shape index (κ1) is 9.73. The molecule has 0 spiro atoms. The minimum atomic E-state index is -1.02. The van der Waals surface area contributed by atoms with E-state index in [0.29, 0.717) is 5.69 Å². The molecule has 72 valence electrons. The van der Waals surface area contributed by atoms with Gasteiger partial charge in [-0.25, -0.2) is 0 Å². The van der Waals surface area contributed by atoms with Gasteiger partial charge < -0.3 is 10.2 Å². The van der Waals surface area contributed by atoms with Gasteiger partial charge in [-0.15, -0.1) is 0 Å². The first-order valence-corrected chi connectivity index (χ1v) is 3.91. The second-order valence-electron chi connectivity index (χ2n) is 2.95. The number of aliphatic hydroxyl groups is 1. The number of aliphatic carboxylic acids is 1. The first-order valence-electron chi connectivity index (χ1n) is 3.91. The Morgan fingerprint density at radius 2 is 2.38 bits per heavy atom. The minimum absolute atomic E-state index is 0.293. The number of rotatable bonds is 3. The monoisotopic (exact) mass is 184 g/mol. The third-order valence-electron chi connectivity index (χ3n) is 1.75. The van der Waals surface area contributed by atoms with Gasteiger partial charge in [-0.3, -0.25) is 9.48 Å². The fourth-order valence-corrected chi connectivity index (χ4v) is 1.21. The number of hydrogen-bond donors (Lipinski definition) is 2. The summed E-state index contributed by atoms with van der Waals surface area (Å²) in [6.07, 6.45) is -1.28. The zero-order valence-electron chi connectivity index (χ0n) is 7.56. The Kier molecular flexibility index (Phi) is 2.67. The lowest BCUT2D eigenvalue weighted by Crippen LogP contribution is -2.09. The van der Waals surface area contributed by atoms with Crippen molar-refractivity contribution in [1.82, 2.24) is 9.78 Å². The normalized spacial score (nSPS) is 12.8. The van der Waals surface area contributed by atoms with E-state index in [9.17, 15) is 9.90 Å². The van der Waals surface area contributed by atoms with Gasteiger partial charge in [0.1, 0.15) is 6.10 Å². The van der Waals surface area contributed by atoms with Crippen molar-refractivity contribution < 1.29 is 15.0 Å². The summed E-state index contributed by atoms with van der Waals surface area (Å²) in [6.45, 7) is 1.79. The van der Waals surface area contributed by atoms with Crippen LogP contribution < -0.4 is 0 Å². The number of aryl methyl sites for hydroxylation is 2. The number of aromatic nitrogens is 2. The van der Waals surface area contributed by atoms with Crippen LogP contribution in [-0.4, -0.2) is 26.0 Å². The van der Waals surface area contributed by atoms with E-state index in [1.54, 1.807) is 20.0 Å². The van der Waals surface area contributed by atoms with Crippen molar-refractivity contribution in [3.05, 3.63) is 17.5 Å². The van der Waals surface area contributed by atoms with Gasteiger partial charge in [0.2, 0.25) is 0 Å². The fraction of sp³-hybridized carbons (Fsp3) is 0.500. The number of carboxylic acids is 1. The largest absolute Gasteiger partial charge is 0.481 e. The van der Waals surface area contributed by atoms with Crippen LogP contribution >= 0.6 is 0 Å². The second-order valence-corrected chi connectivity index (χ2v) is 2.95. The number of carboxylic acid groups (broad SMARTS) is 1. The lowest BCUT2D eigenvalue weighted by Gasteiger charge is -2.07. The maximum Gasteiger partial charge on any atom is 0.306 e. The van der Waals surface area contributed by atoms with Gasteiger partial charge in [-0.05, 0) is 13.0 Å². The lowest BCUT2D eigenvalue weighted by molar-refractivity contribution is -0.139. The average Bonchev–Trinajstić information content (AvgIpc) is 2.28. The second kappa shape index (κ2) is 3.57. The molecular weight excluding hydrogens is 172 g/mol. The molecule has 0 saturated heterocycles. The molecule has 0 aliphatic heterocycles. The molecule has 1 unspecified atom stereocenters. The Balaban J connectivity index is 2.81. The van der Waals surface area contributed by atoms with E-state index in [2.05, 4.69) is 5.10 Å². The van der Waals surface area contributed by atoms with Crippen molar-refractivity contribution in [2.24, 2.45) is 7.05 Å². The van der Waals surface area contributed by atoms with Crippen molar-refractivity contribution in [2.75, 3.05) is 0 Å². The molecule has 0 fully saturated rings. The molecule has 0 amide bonds. The molecule has 5 heteroatoms. The Morgan fingerprint density at radius 3 is 2.77 bits per heavy atom. The number of nitrogens with zero attached hydrogens (tertiary/aromatic N) is 2. The van der Waals surface area contributed by atoms with Gasteiger partial charge in [-0.1, -0.05) is 0 Å². The Bertz CT molecular complexity index is 319. The predicted octanol–water partition coefficient (Wildman–Crippen LogP) is 0.237. The van der Waals surface area contributed by atoms with Gasteiger partial charge in [0.25, 0.3) is 0 Å². The molecule has 1 atom stereocenters. The number of aliphatic hydroxyl groups excluding tert-OH is 1. The van der Waals surface area contributed by atoms with Gasteiger partial charge in [0.15, 0.2) is 0 Å². The zero-order chi connectivity index (χ0) is 10.0. The van der Waals surface area contributed by atoms with Crippen LogP contribution in [0, 0.1) is 6.92 Å². The Hall–Kier alpha value is -1.36. The molecule has 0 bridgehead atoms. The number of carbonyl (C=O) groups is 1. The van der Waals surface area contributed by atoms with Crippen LogP contribution in [0.4, 0.5) is 0 Å².